The molecule has 3 unspecified atom stereocenters. The predicted molar refractivity (Wildman–Crippen MR) is 42.1 cm³/mol. The second kappa shape index (κ2) is 2.46. The number of aliphatic hydroxyl groups is 2. The highest BCUT2D eigenvalue weighted by Crippen LogP contribution is 2.47. The Morgan fingerprint density at radius 2 is 1.82 bits per heavy atom. The van der Waals surface area contributed by atoms with Gasteiger partial charge >= 0.3 is 0 Å². The molecule has 0 aromatic heterocycles. The Morgan fingerprint density at radius 3 is 2.45 bits per heavy atom. The predicted octanol–water partition coefficient (Wildman–Crippen LogP) is 1.06. The third kappa shape index (κ3) is 1.00. The van der Waals surface area contributed by atoms with Crippen LogP contribution in [0.25, 0.3) is 0 Å². The highest BCUT2D eigenvalue weighted by Gasteiger charge is 2.50. The van der Waals surface area contributed by atoms with Crippen LogP contribution in [0.1, 0.15) is 38.5 Å². The Labute approximate surface area is 67.2 Å². The zero-order valence-electron chi connectivity index (χ0n) is 6.79. The molecule has 2 saturated carbocycles. The minimum absolute atomic E-state index is 0.403. The van der Waals surface area contributed by atoms with Gasteiger partial charge in [0.05, 0.1) is 11.7 Å². The molecule has 0 radical (unpaired) electrons. The molecule has 0 saturated heterocycles. The molecule has 2 N–H and O–H groups in total. The summed E-state index contributed by atoms with van der Waals surface area (Å²) in [5.74, 6) is 0.403. The third-order valence-electron chi connectivity index (χ3n) is 3.46. The van der Waals surface area contributed by atoms with Crippen molar-refractivity contribution in [1.82, 2.24) is 0 Å². The molecule has 0 aromatic carbocycles. The third-order valence-corrected chi connectivity index (χ3v) is 3.46. The van der Waals surface area contributed by atoms with Crippen LogP contribution in [0.2, 0.25) is 0 Å². The van der Waals surface area contributed by atoms with E-state index in [-0.39, 0.29) is 0 Å². The maximum Gasteiger partial charge on any atom is 0.0933 e. The summed E-state index contributed by atoms with van der Waals surface area (Å²) in [5, 5.41) is 19.5. The second-order valence-electron chi connectivity index (χ2n) is 4.03. The van der Waals surface area contributed by atoms with Crippen molar-refractivity contribution in [3.8, 4) is 0 Å². The van der Waals surface area contributed by atoms with Gasteiger partial charge in [0.15, 0.2) is 0 Å². The average molecular weight is 156 g/mol. The number of fused-ring (bicyclic) bond motifs is 1. The van der Waals surface area contributed by atoms with Gasteiger partial charge in [0.2, 0.25) is 0 Å². The molecule has 11 heavy (non-hydrogen) atoms. The van der Waals surface area contributed by atoms with Crippen LogP contribution < -0.4 is 0 Å². The molecule has 2 nitrogen and oxygen atoms in total. The van der Waals surface area contributed by atoms with E-state index in [9.17, 15) is 10.2 Å². The van der Waals surface area contributed by atoms with Crippen LogP contribution in [0.5, 0.6) is 0 Å². The van der Waals surface area contributed by atoms with Crippen LogP contribution >= 0.6 is 0 Å². The molecule has 0 spiro atoms. The fourth-order valence-electron chi connectivity index (χ4n) is 2.46. The molecule has 0 bridgehead atoms. The van der Waals surface area contributed by atoms with Gasteiger partial charge in [-0.25, -0.2) is 0 Å². The van der Waals surface area contributed by atoms with E-state index in [1.54, 1.807) is 0 Å². The number of rotatable bonds is 0. The summed E-state index contributed by atoms with van der Waals surface area (Å²) in [6.07, 6.45) is 5.68. The normalized spacial score (nSPS) is 50.7. The van der Waals surface area contributed by atoms with Crippen molar-refractivity contribution in [3.05, 3.63) is 0 Å². The van der Waals surface area contributed by atoms with Crippen LogP contribution in [-0.4, -0.2) is 21.9 Å². The molecular weight excluding hydrogens is 140 g/mol. The van der Waals surface area contributed by atoms with E-state index in [2.05, 4.69) is 0 Å². The van der Waals surface area contributed by atoms with Crippen LogP contribution in [0.15, 0.2) is 0 Å². The summed E-state index contributed by atoms with van der Waals surface area (Å²) in [6.45, 7) is 0. The molecular formula is C9H16O2. The van der Waals surface area contributed by atoms with E-state index >= 15 is 0 Å². The lowest BCUT2D eigenvalue weighted by molar-refractivity contribution is -0.166. The minimum Gasteiger partial charge on any atom is -0.390 e. The summed E-state index contributed by atoms with van der Waals surface area (Å²) in [5.41, 5.74) is -0.684. The lowest BCUT2D eigenvalue weighted by Crippen LogP contribution is -2.54. The standard InChI is InChI=1S/C9H16O2/c10-8-4-2-1-3-7-5-6-9(7,8)11/h7-8,10-11H,1-6H2. The van der Waals surface area contributed by atoms with E-state index < -0.39 is 11.7 Å². The maximum atomic E-state index is 9.93. The van der Waals surface area contributed by atoms with Crippen molar-refractivity contribution in [3.63, 3.8) is 0 Å². The second-order valence-corrected chi connectivity index (χ2v) is 4.03. The first kappa shape index (κ1) is 7.56. The zero-order valence-corrected chi connectivity index (χ0v) is 6.79. The smallest absolute Gasteiger partial charge is 0.0933 e. The van der Waals surface area contributed by atoms with Gasteiger partial charge in [-0.2, -0.15) is 0 Å². The summed E-state index contributed by atoms with van der Waals surface area (Å²) in [4.78, 5) is 0. The maximum absolute atomic E-state index is 9.93. The van der Waals surface area contributed by atoms with Crippen LogP contribution in [0, 0.1) is 5.92 Å². The highest BCUT2D eigenvalue weighted by atomic mass is 16.3. The summed E-state index contributed by atoms with van der Waals surface area (Å²) in [6, 6.07) is 0. The van der Waals surface area contributed by atoms with Crippen molar-refractivity contribution in [2.24, 2.45) is 5.92 Å². The van der Waals surface area contributed by atoms with Gasteiger partial charge in [0.25, 0.3) is 0 Å². The Balaban J connectivity index is 2.11. The molecule has 0 heterocycles. The van der Waals surface area contributed by atoms with Gasteiger partial charge in [-0.3, -0.25) is 0 Å². The van der Waals surface area contributed by atoms with Gasteiger partial charge in [-0.05, 0) is 31.6 Å². The van der Waals surface area contributed by atoms with Crippen molar-refractivity contribution in [2.45, 2.75) is 50.2 Å². The average Bonchev–Trinajstić information content (AvgIpc) is 2.05. The van der Waals surface area contributed by atoms with Crippen LogP contribution in [0.4, 0.5) is 0 Å². The van der Waals surface area contributed by atoms with E-state index in [1.165, 1.54) is 6.42 Å². The van der Waals surface area contributed by atoms with E-state index in [1.807, 2.05) is 0 Å². The van der Waals surface area contributed by atoms with Gasteiger partial charge in [-0.1, -0.05) is 12.8 Å². The fourth-order valence-corrected chi connectivity index (χ4v) is 2.46. The summed E-state index contributed by atoms with van der Waals surface area (Å²) < 4.78 is 0. The summed E-state index contributed by atoms with van der Waals surface area (Å²) in [7, 11) is 0. The number of hydrogen-bond donors (Lipinski definition) is 2. The highest BCUT2D eigenvalue weighted by molar-refractivity contribution is 5.02. The van der Waals surface area contributed by atoms with E-state index in [4.69, 9.17) is 0 Å². The Bertz CT molecular complexity index is 148. The molecule has 2 aliphatic carbocycles. The Hall–Kier alpha value is -0.0800. The summed E-state index contributed by atoms with van der Waals surface area (Å²) >= 11 is 0. The first-order valence-corrected chi connectivity index (χ1v) is 4.64. The molecule has 2 rings (SSSR count). The molecule has 2 aliphatic rings. The Morgan fingerprint density at radius 1 is 1.09 bits per heavy atom. The van der Waals surface area contributed by atoms with Crippen molar-refractivity contribution in [2.75, 3.05) is 0 Å². The number of hydrogen-bond acceptors (Lipinski definition) is 2. The van der Waals surface area contributed by atoms with Crippen molar-refractivity contribution in [1.29, 1.82) is 0 Å². The Kier molecular flexibility index (Phi) is 1.69. The fraction of sp³-hybridized carbons (Fsp3) is 1.00. The van der Waals surface area contributed by atoms with Gasteiger partial charge in [0, 0.05) is 0 Å². The van der Waals surface area contributed by atoms with E-state index in [0.29, 0.717) is 5.92 Å². The van der Waals surface area contributed by atoms with Gasteiger partial charge < -0.3 is 10.2 Å². The minimum atomic E-state index is -0.684. The van der Waals surface area contributed by atoms with Crippen LogP contribution in [-0.2, 0) is 0 Å². The largest absolute Gasteiger partial charge is 0.390 e. The molecule has 2 heteroatoms. The molecule has 0 amide bonds. The molecule has 0 aliphatic heterocycles. The van der Waals surface area contributed by atoms with Crippen LogP contribution in [0.3, 0.4) is 0 Å². The van der Waals surface area contributed by atoms with Gasteiger partial charge in [0.1, 0.15) is 0 Å². The van der Waals surface area contributed by atoms with Gasteiger partial charge in [-0.15, -0.1) is 0 Å². The quantitative estimate of drug-likeness (QED) is 0.550. The first-order chi connectivity index (χ1) is 5.23. The molecule has 3 atom stereocenters. The van der Waals surface area contributed by atoms with E-state index in [0.717, 1.165) is 32.1 Å². The van der Waals surface area contributed by atoms with Crippen molar-refractivity contribution >= 4 is 0 Å². The first-order valence-electron chi connectivity index (χ1n) is 4.64. The monoisotopic (exact) mass is 156 g/mol. The topological polar surface area (TPSA) is 40.5 Å². The number of aliphatic hydroxyl groups excluding tert-OH is 1. The molecule has 64 valence electrons. The lowest BCUT2D eigenvalue weighted by Gasteiger charge is -2.47. The zero-order chi connectivity index (χ0) is 7.90. The SMILES string of the molecule is OC1CCCCC2CCC12O. The van der Waals surface area contributed by atoms with Crippen molar-refractivity contribution < 1.29 is 10.2 Å². The lowest BCUT2D eigenvalue weighted by atomic mass is 9.65. The molecule has 0 aromatic rings. The molecule has 2 fully saturated rings.